The predicted octanol–water partition coefficient (Wildman–Crippen LogP) is 1.54. The van der Waals surface area contributed by atoms with Crippen LogP contribution in [-0.4, -0.2) is 29.0 Å². The standard InChI is InChI=1S/C11H16N4O2/c16-15(17)11-10(5-3-7-13-11)14-8-9-4-1-2-6-12-9/h3,5,7,9,12,14H,1-2,4,6,8H2. The van der Waals surface area contributed by atoms with Gasteiger partial charge in [0.1, 0.15) is 11.9 Å². The molecule has 0 saturated carbocycles. The van der Waals surface area contributed by atoms with Crippen LogP contribution in [0.2, 0.25) is 0 Å². The van der Waals surface area contributed by atoms with Crippen LogP contribution in [-0.2, 0) is 0 Å². The number of nitrogens with zero attached hydrogens (tertiary/aromatic N) is 2. The highest BCUT2D eigenvalue weighted by Crippen LogP contribution is 2.20. The number of nitro groups is 1. The number of piperidine rings is 1. The second-order valence-corrected chi connectivity index (χ2v) is 4.16. The van der Waals surface area contributed by atoms with Crippen molar-refractivity contribution >= 4 is 11.5 Å². The number of nitrogens with one attached hydrogen (secondary N) is 2. The van der Waals surface area contributed by atoms with Gasteiger partial charge in [0, 0.05) is 12.6 Å². The summed E-state index contributed by atoms with van der Waals surface area (Å²) in [6, 6.07) is 3.78. The maximum Gasteiger partial charge on any atom is 0.386 e. The maximum atomic E-state index is 10.8. The van der Waals surface area contributed by atoms with Gasteiger partial charge in [0.25, 0.3) is 0 Å². The van der Waals surface area contributed by atoms with Gasteiger partial charge in [-0.3, -0.25) is 0 Å². The summed E-state index contributed by atoms with van der Waals surface area (Å²) in [6.45, 7) is 1.73. The molecule has 17 heavy (non-hydrogen) atoms. The molecule has 1 saturated heterocycles. The second kappa shape index (κ2) is 5.58. The average molecular weight is 236 g/mol. The molecule has 2 N–H and O–H groups in total. The lowest BCUT2D eigenvalue weighted by Crippen LogP contribution is -2.39. The lowest BCUT2D eigenvalue weighted by molar-refractivity contribution is -0.388. The van der Waals surface area contributed by atoms with Crippen molar-refractivity contribution in [3.05, 3.63) is 28.4 Å². The van der Waals surface area contributed by atoms with Crippen LogP contribution in [0, 0.1) is 10.1 Å². The Morgan fingerprint density at radius 3 is 3.18 bits per heavy atom. The van der Waals surface area contributed by atoms with E-state index >= 15 is 0 Å². The molecule has 1 aliphatic rings. The molecule has 6 heteroatoms. The van der Waals surface area contributed by atoms with E-state index in [9.17, 15) is 10.1 Å². The zero-order chi connectivity index (χ0) is 12.1. The van der Waals surface area contributed by atoms with Crippen molar-refractivity contribution in [1.29, 1.82) is 0 Å². The summed E-state index contributed by atoms with van der Waals surface area (Å²) in [5.41, 5.74) is 0.491. The van der Waals surface area contributed by atoms with Crippen LogP contribution in [0.1, 0.15) is 19.3 Å². The Labute approximate surface area is 99.6 Å². The van der Waals surface area contributed by atoms with E-state index in [4.69, 9.17) is 0 Å². The zero-order valence-electron chi connectivity index (χ0n) is 9.56. The van der Waals surface area contributed by atoms with Gasteiger partial charge in [-0.2, -0.15) is 0 Å². The van der Waals surface area contributed by atoms with Crippen molar-refractivity contribution in [2.45, 2.75) is 25.3 Å². The third kappa shape index (κ3) is 3.13. The molecule has 0 radical (unpaired) electrons. The molecule has 92 valence electrons. The summed E-state index contributed by atoms with van der Waals surface area (Å²) in [6.07, 6.45) is 4.97. The molecule has 1 unspecified atom stereocenters. The minimum atomic E-state index is -0.462. The molecule has 2 heterocycles. The highest BCUT2D eigenvalue weighted by atomic mass is 16.6. The fraction of sp³-hybridized carbons (Fsp3) is 0.545. The fourth-order valence-corrected chi connectivity index (χ4v) is 2.01. The number of aromatic nitrogens is 1. The normalized spacial score (nSPS) is 19.9. The summed E-state index contributed by atoms with van der Waals surface area (Å²) in [5, 5.41) is 17.2. The van der Waals surface area contributed by atoms with Crippen molar-refractivity contribution in [2.24, 2.45) is 0 Å². The lowest BCUT2D eigenvalue weighted by Gasteiger charge is -2.23. The van der Waals surface area contributed by atoms with Gasteiger partial charge in [-0.1, -0.05) is 6.42 Å². The van der Waals surface area contributed by atoms with Crippen LogP contribution in [0.3, 0.4) is 0 Å². The van der Waals surface area contributed by atoms with Gasteiger partial charge in [0.15, 0.2) is 0 Å². The summed E-state index contributed by atoms with van der Waals surface area (Å²) in [7, 11) is 0. The Morgan fingerprint density at radius 2 is 2.47 bits per heavy atom. The Morgan fingerprint density at radius 1 is 1.59 bits per heavy atom. The average Bonchev–Trinajstić information content (AvgIpc) is 2.38. The largest absolute Gasteiger partial charge is 0.386 e. The van der Waals surface area contributed by atoms with E-state index in [0.717, 1.165) is 13.0 Å². The third-order valence-corrected chi connectivity index (χ3v) is 2.91. The molecule has 0 aromatic carbocycles. The van der Waals surface area contributed by atoms with Crippen LogP contribution < -0.4 is 10.6 Å². The fourth-order valence-electron chi connectivity index (χ4n) is 2.01. The molecular formula is C11H16N4O2. The molecule has 0 spiro atoms. The van der Waals surface area contributed by atoms with E-state index in [0.29, 0.717) is 18.3 Å². The lowest BCUT2D eigenvalue weighted by atomic mass is 10.1. The predicted molar refractivity (Wildman–Crippen MR) is 65.0 cm³/mol. The minimum Gasteiger partial charge on any atom is -0.377 e. The maximum absolute atomic E-state index is 10.8. The summed E-state index contributed by atoms with van der Waals surface area (Å²) >= 11 is 0. The highest BCUT2D eigenvalue weighted by Gasteiger charge is 2.16. The van der Waals surface area contributed by atoms with Crippen LogP contribution >= 0.6 is 0 Å². The van der Waals surface area contributed by atoms with Gasteiger partial charge in [-0.25, -0.2) is 0 Å². The molecule has 1 aliphatic heterocycles. The topological polar surface area (TPSA) is 80.1 Å². The van der Waals surface area contributed by atoms with E-state index in [1.165, 1.54) is 19.0 Å². The highest BCUT2D eigenvalue weighted by molar-refractivity contribution is 5.56. The van der Waals surface area contributed by atoms with Crippen LogP contribution in [0.25, 0.3) is 0 Å². The molecule has 6 nitrogen and oxygen atoms in total. The molecule has 2 rings (SSSR count). The first-order valence-corrected chi connectivity index (χ1v) is 5.84. The van der Waals surface area contributed by atoms with Crippen molar-refractivity contribution in [3.63, 3.8) is 0 Å². The molecular weight excluding hydrogens is 220 g/mol. The van der Waals surface area contributed by atoms with Crippen molar-refractivity contribution in [2.75, 3.05) is 18.4 Å². The Bertz CT molecular complexity index is 391. The first-order valence-electron chi connectivity index (χ1n) is 5.84. The van der Waals surface area contributed by atoms with Crippen LogP contribution in [0.15, 0.2) is 18.3 Å². The van der Waals surface area contributed by atoms with Crippen molar-refractivity contribution in [3.8, 4) is 0 Å². The van der Waals surface area contributed by atoms with E-state index in [2.05, 4.69) is 15.6 Å². The monoisotopic (exact) mass is 236 g/mol. The third-order valence-electron chi connectivity index (χ3n) is 2.91. The van der Waals surface area contributed by atoms with E-state index in [-0.39, 0.29) is 5.82 Å². The van der Waals surface area contributed by atoms with E-state index < -0.39 is 4.92 Å². The molecule has 1 aromatic rings. The van der Waals surface area contributed by atoms with Gasteiger partial charge in [0.2, 0.25) is 0 Å². The zero-order valence-corrected chi connectivity index (χ0v) is 9.56. The van der Waals surface area contributed by atoms with Gasteiger partial charge < -0.3 is 20.7 Å². The van der Waals surface area contributed by atoms with Crippen LogP contribution in [0.4, 0.5) is 11.5 Å². The Hall–Kier alpha value is -1.69. The SMILES string of the molecule is O=[N+]([O-])c1ncccc1NCC1CCCCN1. The molecule has 1 atom stereocenters. The number of rotatable bonds is 4. The summed E-state index contributed by atoms with van der Waals surface area (Å²) < 4.78 is 0. The minimum absolute atomic E-state index is 0.108. The number of hydrogen-bond donors (Lipinski definition) is 2. The molecule has 1 fully saturated rings. The van der Waals surface area contributed by atoms with Gasteiger partial charge in [-0.05, 0) is 41.4 Å². The Kier molecular flexibility index (Phi) is 3.87. The number of hydrogen-bond acceptors (Lipinski definition) is 5. The second-order valence-electron chi connectivity index (χ2n) is 4.16. The molecule has 0 aliphatic carbocycles. The smallest absolute Gasteiger partial charge is 0.377 e. The quantitative estimate of drug-likeness (QED) is 0.612. The summed E-state index contributed by atoms with van der Waals surface area (Å²) in [4.78, 5) is 14.1. The first kappa shape index (κ1) is 11.8. The van der Waals surface area contributed by atoms with Gasteiger partial charge in [0.05, 0.1) is 0 Å². The van der Waals surface area contributed by atoms with E-state index in [1.807, 2.05) is 0 Å². The first-order chi connectivity index (χ1) is 8.27. The molecule has 0 amide bonds. The van der Waals surface area contributed by atoms with Crippen molar-refractivity contribution < 1.29 is 4.92 Å². The van der Waals surface area contributed by atoms with E-state index in [1.54, 1.807) is 12.1 Å². The van der Waals surface area contributed by atoms with Crippen LogP contribution in [0.5, 0.6) is 0 Å². The molecule has 0 bridgehead atoms. The van der Waals surface area contributed by atoms with Crippen molar-refractivity contribution in [1.82, 2.24) is 10.3 Å². The number of anilines is 1. The Balaban J connectivity index is 1.96. The summed E-state index contributed by atoms with van der Waals surface area (Å²) in [5.74, 6) is -0.108. The molecule has 1 aromatic heterocycles. The van der Waals surface area contributed by atoms with Gasteiger partial charge in [-0.15, -0.1) is 0 Å². The number of pyridine rings is 1. The van der Waals surface area contributed by atoms with Gasteiger partial charge >= 0.3 is 5.82 Å².